The van der Waals surface area contributed by atoms with Crippen molar-refractivity contribution in [3.63, 3.8) is 0 Å². The van der Waals surface area contributed by atoms with Gasteiger partial charge in [0.05, 0.1) is 0 Å². The van der Waals surface area contributed by atoms with Crippen LogP contribution in [0.4, 0.5) is 0 Å². The van der Waals surface area contributed by atoms with E-state index in [9.17, 15) is 0 Å². The van der Waals surface area contributed by atoms with Crippen molar-refractivity contribution in [3.05, 3.63) is 0 Å². The molecule has 0 saturated heterocycles. The SMILES string of the molecule is CNNC(N)=S.CO. The second-order valence-electron chi connectivity index (χ2n) is 0.739. The molecule has 0 atom stereocenters. The van der Waals surface area contributed by atoms with Gasteiger partial charge < -0.3 is 10.8 Å². The molecule has 0 aromatic rings. The van der Waals surface area contributed by atoms with Crippen LogP contribution in [0.2, 0.25) is 0 Å². The highest BCUT2D eigenvalue weighted by atomic mass is 32.1. The molecule has 0 saturated carbocycles. The maximum absolute atomic E-state index is 7.00. The maximum Gasteiger partial charge on any atom is 0.178 e. The van der Waals surface area contributed by atoms with Crippen molar-refractivity contribution < 1.29 is 5.11 Å². The highest BCUT2D eigenvalue weighted by molar-refractivity contribution is 7.80. The molecule has 50 valence electrons. The fourth-order valence-electron chi connectivity index (χ4n) is 0.123. The molecular formula is C3H11N3OS. The first-order valence-corrected chi connectivity index (χ1v) is 2.35. The molecular weight excluding hydrogens is 126 g/mol. The minimum absolute atomic E-state index is 0.262. The Kier molecular flexibility index (Phi) is 12.9. The van der Waals surface area contributed by atoms with Crippen molar-refractivity contribution in [2.24, 2.45) is 5.73 Å². The molecule has 5 heteroatoms. The quantitative estimate of drug-likeness (QED) is 0.263. The van der Waals surface area contributed by atoms with Crippen LogP contribution in [0.5, 0.6) is 0 Å². The van der Waals surface area contributed by atoms with Gasteiger partial charge in [0.1, 0.15) is 0 Å². The van der Waals surface area contributed by atoms with Crippen molar-refractivity contribution in [1.29, 1.82) is 0 Å². The number of thiocarbonyl (C=S) groups is 1. The molecule has 0 heterocycles. The lowest BCUT2D eigenvalue weighted by atomic mass is 11.2. The molecule has 8 heavy (non-hydrogen) atoms. The van der Waals surface area contributed by atoms with Gasteiger partial charge in [-0.05, 0) is 12.2 Å². The lowest BCUT2D eigenvalue weighted by Crippen LogP contribution is -2.37. The van der Waals surface area contributed by atoms with E-state index in [-0.39, 0.29) is 5.11 Å². The van der Waals surface area contributed by atoms with Crippen LogP contribution in [-0.4, -0.2) is 24.4 Å². The third-order valence-electron chi connectivity index (χ3n) is 0.248. The Bertz CT molecular complexity index is 58.5. The van der Waals surface area contributed by atoms with E-state index in [2.05, 4.69) is 23.1 Å². The van der Waals surface area contributed by atoms with E-state index in [0.717, 1.165) is 7.11 Å². The molecule has 0 aromatic carbocycles. The van der Waals surface area contributed by atoms with Crippen LogP contribution in [0.1, 0.15) is 0 Å². The zero-order chi connectivity index (χ0) is 6.99. The van der Waals surface area contributed by atoms with Gasteiger partial charge in [0, 0.05) is 14.2 Å². The summed E-state index contributed by atoms with van der Waals surface area (Å²) >= 11 is 4.40. The molecule has 5 N–H and O–H groups in total. The van der Waals surface area contributed by atoms with Gasteiger partial charge in [-0.2, -0.15) is 0 Å². The van der Waals surface area contributed by atoms with Crippen LogP contribution >= 0.6 is 12.2 Å². The van der Waals surface area contributed by atoms with E-state index in [1.165, 1.54) is 0 Å². The van der Waals surface area contributed by atoms with E-state index in [1.54, 1.807) is 7.05 Å². The number of hydrazine groups is 1. The van der Waals surface area contributed by atoms with Crippen LogP contribution in [0.15, 0.2) is 0 Å². The zero-order valence-corrected chi connectivity index (χ0v) is 5.75. The van der Waals surface area contributed by atoms with Crippen LogP contribution in [0.3, 0.4) is 0 Å². The van der Waals surface area contributed by atoms with Gasteiger partial charge in [0.25, 0.3) is 0 Å². The van der Waals surface area contributed by atoms with E-state index >= 15 is 0 Å². The van der Waals surface area contributed by atoms with Crippen LogP contribution in [-0.2, 0) is 0 Å². The van der Waals surface area contributed by atoms with Crippen molar-refractivity contribution in [2.75, 3.05) is 14.2 Å². The Labute approximate surface area is 54.0 Å². The van der Waals surface area contributed by atoms with Crippen molar-refractivity contribution in [2.45, 2.75) is 0 Å². The first kappa shape index (κ1) is 10.6. The Morgan fingerprint density at radius 2 is 2.00 bits per heavy atom. The number of aliphatic hydroxyl groups is 1. The molecule has 0 rings (SSSR count). The molecule has 0 spiro atoms. The Hall–Kier alpha value is -0.390. The summed E-state index contributed by atoms with van der Waals surface area (Å²) in [5, 5.41) is 7.26. The summed E-state index contributed by atoms with van der Waals surface area (Å²) in [6.07, 6.45) is 0. The van der Waals surface area contributed by atoms with Crippen LogP contribution < -0.4 is 16.6 Å². The number of hydrogen-bond donors (Lipinski definition) is 4. The second kappa shape index (κ2) is 9.79. The molecule has 0 fully saturated rings. The summed E-state index contributed by atoms with van der Waals surface area (Å²) in [6.45, 7) is 0. The molecule has 0 amide bonds. The average Bonchev–Trinajstić information content (AvgIpc) is 1.72. The largest absolute Gasteiger partial charge is 0.400 e. The minimum Gasteiger partial charge on any atom is -0.400 e. The zero-order valence-electron chi connectivity index (χ0n) is 4.93. The number of aliphatic hydroxyl groups excluding tert-OH is 1. The normalized spacial score (nSPS) is 6.38. The molecule has 4 nitrogen and oxygen atoms in total. The monoisotopic (exact) mass is 137 g/mol. The lowest BCUT2D eigenvalue weighted by molar-refractivity contribution is 0.399. The van der Waals surface area contributed by atoms with E-state index in [4.69, 9.17) is 10.8 Å². The van der Waals surface area contributed by atoms with Gasteiger partial charge >= 0.3 is 0 Å². The van der Waals surface area contributed by atoms with Gasteiger partial charge in [-0.15, -0.1) is 0 Å². The number of rotatable bonds is 1. The summed E-state index contributed by atoms with van der Waals surface area (Å²) < 4.78 is 0. The van der Waals surface area contributed by atoms with E-state index < -0.39 is 0 Å². The first-order valence-electron chi connectivity index (χ1n) is 1.94. The first-order chi connectivity index (χ1) is 3.77. The smallest absolute Gasteiger partial charge is 0.178 e. The highest BCUT2D eigenvalue weighted by Gasteiger charge is 1.72. The number of hydrogen-bond acceptors (Lipinski definition) is 3. The van der Waals surface area contributed by atoms with Gasteiger partial charge in [0.15, 0.2) is 5.11 Å². The Morgan fingerprint density at radius 3 is 2.00 bits per heavy atom. The molecule has 0 aliphatic carbocycles. The van der Waals surface area contributed by atoms with Crippen molar-refractivity contribution in [1.82, 2.24) is 10.9 Å². The van der Waals surface area contributed by atoms with Gasteiger partial charge in [-0.1, -0.05) is 0 Å². The molecule has 0 aliphatic rings. The third kappa shape index (κ3) is 17.5. The number of nitrogens with one attached hydrogen (secondary N) is 2. The average molecular weight is 137 g/mol. The summed E-state index contributed by atoms with van der Waals surface area (Å²) in [4.78, 5) is 0. The van der Waals surface area contributed by atoms with E-state index in [0.29, 0.717) is 0 Å². The number of nitrogens with two attached hydrogens (primary N) is 1. The molecule has 0 aromatic heterocycles. The van der Waals surface area contributed by atoms with Crippen LogP contribution in [0, 0.1) is 0 Å². The topological polar surface area (TPSA) is 70.3 Å². The third-order valence-corrected chi connectivity index (χ3v) is 0.350. The minimum atomic E-state index is 0.262. The fraction of sp³-hybridized carbons (Fsp3) is 0.667. The van der Waals surface area contributed by atoms with E-state index in [1.807, 2.05) is 0 Å². The van der Waals surface area contributed by atoms with Crippen molar-refractivity contribution in [3.8, 4) is 0 Å². The maximum atomic E-state index is 7.00. The standard InChI is InChI=1S/C2H7N3S.CH4O/c1-4-5-2(3)6;1-2/h4H,1H3,(H3,3,5,6);2H,1H3. The van der Waals surface area contributed by atoms with Gasteiger partial charge in [-0.3, -0.25) is 5.43 Å². The predicted molar refractivity (Wildman–Crippen MR) is 37.1 cm³/mol. The Morgan fingerprint density at radius 1 is 1.62 bits per heavy atom. The van der Waals surface area contributed by atoms with Gasteiger partial charge in [0.2, 0.25) is 0 Å². The molecule has 0 bridgehead atoms. The van der Waals surface area contributed by atoms with Crippen LogP contribution in [0.25, 0.3) is 0 Å². The van der Waals surface area contributed by atoms with Crippen molar-refractivity contribution >= 4 is 17.3 Å². The summed E-state index contributed by atoms with van der Waals surface area (Å²) in [7, 11) is 2.69. The molecule has 0 aliphatic heterocycles. The highest BCUT2D eigenvalue weighted by Crippen LogP contribution is 1.44. The molecule has 0 unspecified atom stereocenters. The summed E-state index contributed by atoms with van der Waals surface area (Å²) in [5.74, 6) is 0. The van der Waals surface area contributed by atoms with Gasteiger partial charge in [-0.25, -0.2) is 5.43 Å². The predicted octanol–water partition coefficient (Wildman–Crippen LogP) is -1.44. The second-order valence-corrected chi connectivity index (χ2v) is 1.18. The Balaban J connectivity index is 0. The summed E-state index contributed by atoms with van der Waals surface area (Å²) in [5.41, 5.74) is 9.98. The summed E-state index contributed by atoms with van der Waals surface area (Å²) in [6, 6.07) is 0. The lowest BCUT2D eigenvalue weighted by Gasteiger charge is -1.95. The fourth-order valence-corrected chi connectivity index (χ4v) is 0.225. The molecule has 0 radical (unpaired) electrons.